The summed E-state index contributed by atoms with van der Waals surface area (Å²) in [7, 11) is 1.36. The van der Waals surface area contributed by atoms with E-state index in [4.69, 9.17) is 4.74 Å². The van der Waals surface area contributed by atoms with Crippen molar-refractivity contribution >= 4 is 41.1 Å². The number of esters is 1. The van der Waals surface area contributed by atoms with E-state index < -0.39 is 0 Å². The second-order valence-electron chi connectivity index (χ2n) is 4.96. The predicted molar refractivity (Wildman–Crippen MR) is 101 cm³/mol. The second-order valence-corrected chi connectivity index (χ2v) is 6.83. The lowest BCUT2D eigenvalue weighted by Crippen LogP contribution is -2.14. The first-order valence-corrected chi connectivity index (χ1v) is 9.69. The van der Waals surface area contributed by atoms with Crippen molar-refractivity contribution in [2.24, 2.45) is 0 Å². The highest BCUT2D eigenvalue weighted by Gasteiger charge is 2.07. The maximum atomic E-state index is 12.0. The van der Waals surface area contributed by atoms with E-state index >= 15 is 0 Å². The van der Waals surface area contributed by atoms with E-state index in [1.165, 1.54) is 18.9 Å². The van der Waals surface area contributed by atoms with Crippen molar-refractivity contribution in [3.05, 3.63) is 59.7 Å². The third-order valence-corrected chi connectivity index (χ3v) is 4.93. The van der Waals surface area contributed by atoms with Crippen LogP contribution in [0.1, 0.15) is 15.9 Å². The predicted octanol–water partition coefficient (Wildman–Crippen LogP) is 4.07. The number of amides is 1. The Morgan fingerprint density at radius 1 is 1.12 bits per heavy atom. The molecule has 126 valence electrons. The third kappa shape index (κ3) is 5.62. The van der Waals surface area contributed by atoms with Gasteiger partial charge in [-0.3, -0.25) is 4.79 Å². The van der Waals surface area contributed by atoms with Gasteiger partial charge in [-0.1, -0.05) is 18.2 Å². The van der Waals surface area contributed by atoms with Crippen LogP contribution in [-0.2, 0) is 15.3 Å². The van der Waals surface area contributed by atoms with Crippen LogP contribution in [0.15, 0.2) is 53.4 Å². The average Bonchev–Trinajstić information content (AvgIpc) is 2.61. The lowest BCUT2D eigenvalue weighted by molar-refractivity contribution is -0.113. The molecule has 2 rings (SSSR count). The van der Waals surface area contributed by atoms with E-state index in [9.17, 15) is 9.59 Å². The van der Waals surface area contributed by atoms with Crippen LogP contribution in [0.2, 0.25) is 0 Å². The van der Waals surface area contributed by atoms with Gasteiger partial charge in [-0.15, -0.1) is 23.5 Å². The van der Waals surface area contributed by atoms with Gasteiger partial charge in [-0.25, -0.2) is 4.79 Å². The van der Waals surface area contributed by atoms with Gasteiger partial charge in [0, 0.05) is 16.3 Å². The van der Waals surface area contributed by atoms with Crippen LogP contribution < -0.4 is 5.32 Å². The number of rotatable bonds is 7. The largest absolute Gasteiger partial charge is 0.465 e. The van der Waals surface area contributed by atoms with Crippen LogP contribution in [0, 0.1) is 0 Å². The molecule has 0 spiro atoms. The number of benzene rings is 2. The van der Waals surface area contributed by atoms with Crippen molar-refractivity contribution in [2.75, 3.05) is 24.4 Å². The zero-order chi connectivity index (χ0) is 17.4. The summed E-state index contributed by atoms with van der Waals surface area (Å²) < 4.78 is 4.71. The highest BCUT2D eigenvalue weighted by Crippen LogP contribution is 2.19. The van der Waals surface area contributed by atoms with Gasteiger partial charge in [-0.05, 0) is 42.2 Å². The standard InChI is InChI=1S/C18H19NO3S2/c1-22-18(21)14-6-3-5-13(9-14)11-24-12-17(20)19-15-7-4-8-16(10-15)23-2/h3-10H,11-12H2,1-2H3,(H,19,20). The van der Waals surface area contributed by atoms with E-state index in [1.807, 2.05) is 42.7 Å². The minimum absolute atomic E-state index is 0.0395. The first kappa shape index (κ1) is 18.4. The number of methoxy groups -OCH3 is 1. The van der Waals surface area contributed by atoms with Gasteiger partial charge in [-0.2, -0.15) is 0 Å². The highest BCUT2D eigenvalue weighted by atomic mass is 32.2. The van der Waals surface area contributed by atoms with E-state index in [-0.39, 0.29) is 11.9 Å². The molecule has 6 heteroatoms. The number of nitrogens with one attached hydrogen (secondary N) is 1. The molecular weight excluding hydrogens is 342 g/mol. The molecule has 2 aromatic carbocycles. The SMILES string of the molecule is COC(=O)c1cccc(CSCC(=O)Nc2cccc(SC)c2)c1. The van der Waals surface area contributed by atoms with Crippen LogP contribution in [0.25, 0.3) is 0 Å². The molecular formula is C18H19NO3S2. The topological polar surface area (TPSA) is 55.4 Å². The molecule has 0 saturated carbocycles. The Hall–Kier alpha value is -1.92. The van der Waals surface area contributed by atoms with Gasteiger partial charge in [0.1, 0.15) is 0 Å². The zero-order valence-corrected chi connectivity index (χ0v) is 15.2. The Morgan fingerprint density at radius 3 is 2.67 bits per heavy atom. The smallest absolute Gasteiger partial charge is 0.337 e. The molecule has 0 heterocycles. The zero-order valence-electron chi connectivity index (χ0n) is 13.6. The van der Waals surface area contributed by atoms with Crippen LogP contribution >= 0.6 is 23.5 Å². The molecule has 0 aromatic heterocycles. The summed E-state index contributed by atoms with van der Waals surface area (Å²) in [5.41, 5.74) is 2.31. The van der Waals surface area contributed by atoms with E-state index in [1.54, 1.807) is 23.9 Å². The molecule has 2 aromatic rings. The fourth-order valence-electron chi connectivity index (χ4n) is 2.07. The number of hydrogen-bond donors (Lipinski definition) is 1. The van der Waals surface area contributed by atoms with Crippen LogP contribution in [0.3, 0.4) is 0 Å². The molecule has 0 unspecified atom stereocenters. The number of anilines is 1. The summed E-state index contributed by atoms with van der Waals surface area (Å²) in [6.45, 7) is 0. The number of carbonyl (C=O) groups is 2. The molecule has 0 aliphatic rings. The third-order valence-electron chi connectivity index (χ3n) is 3.20. The molecule has 0 aliphatic heterocycles. The first-order chi connectivity index (χ1) is 11.6. The van der Waals surface area contributed by atoms with Crippen molar-refractivity contribution in [3.63, 3.8) is 0 Å². The summed E-state index contributed by atoms with van der Waals surface area (Å²) in [6, 6.07) is 15.0. The van der Waals surface area contributed by atoms with Gasteiger partial charge in [0.2, 0.25) is 5.91 Å². The van der Waals surface area contributed by atoms with Crippen molar-refractivity contribution < 1.29 is 14.3 Å². The lowest BCUT2D eigenvalue weighted by atomic mass is 10.1. The Kier molecular flexibility index (Phi) is 7.21. The van der Waals surface area contributed by atoms with Crippen LogP contribution in [0.5, 0.6) is 0 Å². The molecule has 0 saturated heterocycles. The van der Waals surface area contributed by atoms with E-state index in [0.29, 0.717) is 17.1 Å². The van der Waals surface area contributed by atoms with Gasteiger partial charge >= 0.3 is 5.97 Å². The minimum atomic E-state index is -0.353. The monoisotopic (exact) mass is 361 g/mol. The molecule has 4 nitrogen and oxygen atoms in total. The summed E-state index contributed by atoms with van der Waals surface area (Å²) in [5, 5.41) is 2.89. The highest BCUT2D eigenvalue weighted by molar-refractivity contribution is 7.99. The fourth-order valence-corrected chi connectivity index (χ4v) is 3.30. The van der Waals surface area contributed by atoms with Gasteiger partial charge in [0.25, 0.3) is 0 Å². The van der Waals surface area contributed by atoms with Gasteiger partial charge in [0.15, 0.2) is 0 Å². The molecule has 0 aliphatic carbocycles. The maximum absolute atomic E-state index is 12.0. The van der Waals surface area contributed by atoms with Crippen molar-refractivity contribution in [3.8, 4) is 0 Å². The van der Waals surface area contributed by atoms with E-state index in [0.717, 1.165) is 16.1 Å². The fraction of sp³-hybridized carbons (Fsp3) is 0.222. The van der Waals surface area contributed by atoms with E-state index in [2.05, 4.69) is 5.32 Å². The first-order valence-electron chi connectivity index (χ1n) is 7.31. The molecule has 0 bridgehead atoms. The molecule has 0 fully saturated rings. The molecule has 1 amide bonds. The summed E-state index contributed by atoms with van der Waals surface area (Å²) in [5.74, 6) is 0.616. The Bertz CT molecular complexity index is 719. The minimum Gasteiger partial charge on any atom is -0.465 e. The van der Waals surface area contributed by atoms with Gasteiger partial charge in [0.05, 0.1) is 18.4 Å². The molecule has 24 heavy (non-hydrogen) atoms. The Morgan fingerprint density at radius 2 is 1.92 bits per heavy atom. The Labute approximate surface area is 150 Å². The summed E-state index contributed by atoms with van der Waals surface area (Å²) in [4.78, 5) is 24.6. The number of thioether (sulfide) groups is 2. The maximum Gasteiger partial charge on any atom is 0.337 e. The normalized spacial score (nSPS) is 10.2. The number of hydrogen-bond acceptors (Lipinski definition) is 5. The second kappa shape index (κ2) is 9.39. The van der Waals surface area contributed by atoms with Crippen molar-refractivity contribution in [1.29, 1.82) is 0 Å². The van der Waals surface area contributed by atoms with Crippen molar-refractivity contribution in [2.45, 2.75) is 10.6 Å². The molecule has 0 atom stereocenters. The van der Waals surface area contributed by atoms with Crippen LogP contribution in [0.4, 0.5) is 5.69 Å². The lowest BCUT2D eigenvalue weighted by Gasteiger charge is -2.07. The quantitative estimate of drug-likeness (QED) is 0.595. The van der Waals surface area contributed by atoms with Crippen molar-refractivity contribution in [1.82, 2.24) is 0 Å². The van der Waals surface area contributed by atoms with Crippen LogP contribution in [-0.4, -0.2) is 31.0 Å². The molecule has 1 N–H and O–H groups in total. The van der Waals surface area contributed by atoms with Gasteiger partial charge < -0.3 is 10.1 Å². The summed E-state index contributed by atoms with van der Waals surface area (Å²) >= 11 is 3.14. The Balaban J connectivity index is 1.83. The number of carbonyl (C=O) groups excluding carboxylic acids is 2. The average molecular weight is 361 g/mol. The number of ether oxygens (including phenoxy) is 1. The molecule has 0 radical (unpaired) electrons. The summed E-state index contributed by atoms with van der Waals surface area (Å²) in [6.07, 6.45) is 2.00.